The van der Waals surface area contributed by atoms with Gasteiger partial charge in [-0.1, -0.05) is 92.4 Å². The third-order valence-corrected chi connectivity index (χ3v) is 5.83. The normalized spacial score (nSPS) is 14.8. The highest BCUT2D eigenvalue weighted by Crippen LogP contribution is 2.24. The molecule has 0 saturated heterocycles. The van der Waals surface area contributed by atoms with Crippen LogP contribution in [0.5, 0.6) is 0 Å². The molecule has 0 amide bonds. The van der Waals surface area contributed by atoms with Gasteiger partial charge in [0.25, 0.3) is 0 Å². The summed E-state index contributed by atoms with van der Waals surface area (Å²) in [7, 11) is 0. The number of hydrogen-bond donors (Lipinski definition) is 0. The molecule has 0 bridgehead atoms. The van der Waals surface area contributed by atoms with Gasteiger partial charge in [0.1, 0.15) is 6.10 Å². The molecule has 0 aliphatic carbocycles. The van der Waals surface area contributed by atoms with Crippen molar-refractivity contribution >= 4 is 5.97 Å². The van der Waals surface area contributed by atoms with Gasteiger partial charge in [0.05, 0.1) is 5.92 Å². The van der Waals surface area contributed by atoms with E-state index in [4.69, 9.17) is 4.74 Å². The third kappa shape index (κ3) is 12.8. The average Bonchev–Trinajstić information content (AvgIpc) is 2.65. The molecule has 2 nitrogen and oxygen atoms in total. The number of esters is 1. The summed E-state index contributed by atoms with van der Waals surface area (Å²) in [5.41, 5.74) is 0. The number of unbranched alkanes of at least 4 members (excludes halogenated alkanes) is 5. The predicted octanol–water partition coefficient (Wildman–Crippen LogP) is 8.08. The van der Waals surface area contributed by atoms with Crippen LogP contribution in [0.4, 0.5) is 0 Å². The highest BCUT2D eigenvalue weighted by Gasteiger charge is 2.22. The number of carbonyl (C=O) groups is 1. The van der Waals surface area contributed by atoms with Crippen LogP contribution in [0.1, 0.15) is 131 Å². The lowest BCUT2D eigenvalue weighted by molar-refractivity contribution is -0.155. The molecule has 0 aliphatic rings. The number of carbonyl (C=O) groups excluding carboxylic acids is 1. The monoisotopic (exact) mass is 368 g/mol. The summed E-state index contributed by atoms with van der Waals surface area (Å²) in [6.45, 7) is 11.1. The molecule has 3 unspecified atom stereocenters. The zero-order chi connectivity index (χ0) is 19.6. The Labute approximate surface area is 164 Å². The predicted molar refractivity (Wildman–Crippen MR) is 114 cm³/mol. The van der Waals surface area contributed by atoms with Crippen molar-refractivity contribution < 1.29 is 9.53 Å². The fourth-order valence-electron chi connectivity index (χ4n) is 3.73. The summed E-state index contributed by atoms with van der Waals surface area (Å²) in [6.07, 6.45) is 17.9. The standard InChI is InChI=1S/C24H48O2/c1-6-11-14-15-18-23(20-19-21(9-4)16-12-7-2)26-24(25)22(10-5)17-13-8-3/h21-23H,6-20H2,1-5H3. The first-order valence-electron chi connectivity index (χ1n) is 11.8. The van der Waals surface area contributed by atoms with Crippen LogP contribution in [0.2, 0.25) is 0 Å². The van der Waals surface area contributed by atoms with Crippen molar-refractivity contribution in [2.24, 2.45) is 11.8 Å². The summed E-state index contributed by atoms with van der Waals surface area (Å²) in [5, 5.41) is 0. The minimum Gasteiger partial charge on any atom is -0.462 e. The zero-order valence-corrected chi connectivity index (χ0v) is 18.7. The van der Waals surface area contributed by atoms with Gasteiger partial charge in [0, 0.05) is 0 Å². The molecule has 0 spiro atoms. The number of rotatable bonds is 18. The Morgan fingerprint density at radius 1 is 0.654 bits per heavy atom. The van der Waals surface area contributed by atoms with Gasteiger partial charge in [-0.05, 0) is 44.4 Å². The number of ether oxygens (including phenoxy) is 1. The van der Waals surface area contributed by atoms with Gasteiger partial charge in [-0.25, -0.2) is 0 Å². The molecular formula is C24H48O2. The Morgan fingerprint density at radius 3 is 1.88 bits per heavy atom. The van der Waals surface area contributed by atoms with E-state index in [-0.39, 0.29) is 18.0 Å². The van der Waals surface area contributed by atoms with Gasteiger partial charge >= 0.3 is 5.97 Å². The quantitative estimate of drug-likeness (QED) is 0.180. The lowest BCUT2D eigenvalue weighted by Crippen LogP contribution is -2.25. The Hall–Kier alpha value is -0.530. The van der Waals surface area contributed by atoms with Gasteiger partial charge < -0.3 is 4.74 Å². The molecule has 26 heavy (non-hydrogen) atoms. The maximum atomic E-state index is 12.6. The van der Waals surface area contributed by atoms with Crippen LogP contribution in [0.25, 0.3) is 0 Å². The van der Waals surface area contributed by atoms with Crippen molar-refractivity contribution in [2.75, 3.05) is 0 Å². The first-order chi connectivity index (χ1) is 12.6. The van der Waals surface area contributed by atoms with Crippen molar-refractivity contribution in [3.05, 3.63) is 0 Å². The largest absolute Gasteiger partial charge is 0.462 e. The second-order valence-corrected chi connectivity index (χ2v) is 8.15. The lowest BCUT2D eigenvalue weighted by Gasteiger charge is -2.23. The smallest absolute Gasteiger partial charge is 0.309 e. The Balaban J connectivity index is 4.57. The summed E-state index contributed by atoms with van der Waals surface area (Å²) < 4.78 is 6.04. The molecule has 0 saturated carbocycles. The topological polar surface area (TPSA) is 26.3 Å². The first kappa shape index (κ1) is 25.5. The summed E-state index contributed by atoms with van der Waals surface area (Å²) >= 11 is 0. The van der Waals surface area contributed by atoms with E-state index in [1.165, 1.54) is 57.8 Å². The van der Waals surface area contributed by atoms with E-state index < -0.39 is 0 Å². The molecular weight excluding hydrogens is 320 g/mol. The van der Waals surface area contributed by atoms with Gasteiger partial charge in [-0.3, -0.25) is 4.79 Å². The van der Waals surface area contributed by atoms with Crippen LogP contribution in [-0.4, -0.2) is 12.1 Å². The van der Waals surface area contributed by atoms with Crippen LogP contribution >= 0.6 is 0 Å². The highest BCUT2D eigenvalue weighted by atomic mass is 16.5. The van der Waals surface area contributed by atoms with Crippen molar-refractivity contribution in [2.45, 2.75) is 137 Å². The molecule has 0 aromatic heterocycles. The van der Waals surface area contributed by atoms with Crippen molar-refractivity contribution in [1.29, 1.82) is 0 Å². The SMILES string of the molecule is CCCCCCC(CCC(CC)CCCC)OC(=O)C(CC)CCCC. The molecule has 0 aromatic carbocycles. The van der Waals surface area contributed by atoms with Crippen molar-refractivity contribution in [3.63, 3.8) is 0 Å². The second kappa shape index (κ2) is 17.9. The van der Waals surface area contributed by atoms with Gasteiger partial charge in [0.15, 0.2) is 0 Å². The molecule has 0 aromatic rings. The maximum Gasteiger partial charge on any atom is 0.309 e. The fraction of sp³-hybridized carbons (Fsp3) is 0.958. The Kier molecular flexibility index (Phi) is 17.5. The minimum absolute atomic E-state index is 0.0723. The van der Waals surface area contributed by atoms with E-state index in [0.717, 1.165) is 44.4 Å². The van der Waals surface area contributed by atoms with Crippen LogP contribution in [-0.2, 0) is 9.53 Å². The lowest BCUT2D eigenvalue weighted by atomic mass is 9.91. The highest BCUT2D eigenvalue weighted by molar-refractivity contribution is 5.72. The van der Waals surface area contributed by atoms with Crippen LogP contribution in [0.15, 0.2) is 0 Å². The Morgan fingerprint density at radius 2 is 1.31 bits per heavy atom. The van der Waals surface area contributed by atoms with E-state index in [1.807, 2.05) is 0 Å². The molecule has 3 atom stereocenters. The van der Waals surface area contributed by atoms with Gasteiger partial charge in [0.2, 0.25) is 0 Å². The minimum atomic E-state index is 0.0723. The van der Waals surface area contributed by atoms with E-state index >= 15 is 0 Å². The summed E-state index contributed by atoms with van der Waals surface area (Å²) in [6, 6.07) is 0. The van der Waals surface area contributed by atoms with Crippen LogP contribution in [0, 0.1) is 11.8 Å². The third-order valence-electron chi connectivity index (χ3n) is 5.83. The van der Waals surface area contributed by atoms with E-state index in [2.05, 4.69) is 34.6 Å². The van der Waals surface area contributed by atoms with Crippen LogP contribution in [0.3, 0.4) is 0 Å². The Bertz CT molecular complexity index is 313. The summed E-state index contributed by atoms with van der Waals surface area (Å²) in [5.74, 6) is 0.979. The van der Waals surface area contributed by atoms with Gasteiger partial charge in [-0.2, -0.15) is 0 Å². The van der Waals surface area contributed by atoms with E-state index in [0.29, 0.717) is 0 Å². The average molecular weight is 369 g/mol. The zero-order valence-electron chi connectivity index (χ0n) is 18.7. The summed E-state index contributed by atoms with van der Waals surface area (Å²) in [4.78, 5) is 12.6. The molecule has 0 heterocycles. The molecule has 0 radical (unpaired) electrons. The molecule has 2 heteroatoms. The van der Waals surface area contributed by atoms with Crippen molar-refractivity contribution in [3.8, 4) is 0 Å². The van der Waals surface area contributed by atoms with Crippen LogP contribution < -0.4 is 0 Å². The number of hydrogen-bond acceptors (Lipinski definition) is 2. The molecule has 0 rings (SSSR count). The van der Waals surface area contributed by atoms with Crippen molar-refractivity contribution in [1.82, 2.24) is 0 Å². The molecule has 0 fully saturated rings. The van der Waals surface area contributed by atoms with E-state index in [1.54, 1.807) is 0 Å². The van der Waals surface area contributed by atoms with E-state index in [9.17, 15) is 4.79 Å². The molecule has 0 N–H and O–H groups in total. The fourth-order valence-corrected chi connectivity index (χ4v) is 3.73. The second-order valence-electron chi connectivity index (χ2n) is 8.15. The molecule has 0 aliphatic heterocycles. The molecule has 156 valence electrons. The van der Waals surface area contributed by atoms with Gasteiger partial charge in [-0.15, -0.1) is 0 Å². The maximum absolute atomic E-state index is 12.6. The first-order valence-corrected chi connectivity index (χ1v) is 11.8.